The maximum absolute atomic E-state index is 12.1. The van der Waals surface area contributed by atoms with Gasteiger partial charge in [0.2, 0.25) is 5.95 Å². The molecule has 6 nitrogen and oxygen atoms in total. The highest BCUT2D eigenvalue weighted by Crippen LogP contribution is 2.16. The molecule has 1 aliphatic heterocycles. The zero-order chi connectivity index (χ0) is 15.5. The number of hydrogen-bond donors (Lipinski definition) is 1. The Labute approximate surface area is 142 Å². The molecule has 0 saturated carbocycles. The Morgan fingerprint density at radius 1 is 1.17 bits per heavy atom. The molecular weight excluding hydrogens is 314 g/mol. The molecule has 0 aromatic carbocycles. The third-order valence-electron chi connectivity index (χ3n) is 4.12. The van der Waals surface area contributed by atoms with Crippen molar-refractivity contribution in [3.63, 3.8) is 0 Å². The number of pyridine rings is 1. The van der Waals surface area contributed by atoms with Gasteiger partial charge in [-0.2, -0.15) is 0 Å². The summed E-state index contributed by atoms with van der Waals surface area (Å²) in [7, 11) is 0. The van der Waals surface area contributed by atoms with Gasteiger partial charge in [0, 0.05) is 43.6 Å². The molecule has 3 heterocycles. The van der Waals surface area contributed by atoms with Crippen LogP contribution in [0.25, 0.3) is 0 Å². The van der Waals surface area contributed by atoms with Gasteiger partial charge in [-0.05, 0) is 25.5 Å². The number of nitrogens with one attached hydrogen (secondary N) is 1. The van der Waals surface area contributed by atoms with E-state index in [-0.39, 0.29) is 18.0 Å². The van der Waals surface area contributed by atoms with Crippen molar-refractivity contribution in [1.82, 2.24) is 15.0 Å². The average Bonchev–Trinajstić information content (AvgIpc) is 2.55. The quantitative estimate of drug-likeness (QED) is 0.926. The van der Waals surface area contributed by atoms with E-state index in [1.807, 2.05) is 38.2 Å². The van der Waals surface area contributed by atoms with Crippen LogP contribution in [0.4, 0.5) is 11.8 Å². The van der Waals surface area contributed by atoms with Crippen LogP contribution in [0, 0.1) is 6.92 Å². The summed E-state index contributed by atoms with van der Waals surface area (Å²) in [4.78, 5) is 28.3. The van der Waals surface area contributed by atoms with Crippen molar-refractivity contribution in [2.24, 2.45) is 0 Å². The number of rotatable bonds is 3. The molecule has 2 aromatic rings. The van der Waals surface area contributed by atoms with Crippen molar-refractivity contribution in [1.29, 1.82) is 0 Å². The fraction of sp³-hybridized carbons (Fsp3) is 0.438. The minimum absolute atomic E-state index is 0. The molecule has 1 aliphatic rings. The largest absolute Gasteiger partial charge is 0.353 e. The first-order valence-corrected chi connectivity index (χ1v) is 7.69. The van der Waals surface area contributed by atoms with E-state index < -0.39 is 0 Å². The number of H-pyrrole nitrogens is 1. The lowest BCUT2D eigenvalue weighted by molar-refractivity contribution is 0.632. The van der Waals surface area contributed by atoms with E-state index in [0.717, 1.165) is 43.3 Å². The van der Waals surface area contributed by atoms with Gasteiger partial charge >= 0.3 is 0 Å². The van der Waals surface area contributed by atoms with Gasteiger partial charge in [-0.15, -0.1) is 12.4 Å². The summed E-state index contributed by atoms with van der Waals surface area (Å²) in [6, 6.07) is 5.95. The number of hydrogen-bond acceptors (Lipinski definition) is 5. The van der Waals surface area contributed by atoms with E-state index in [9.17, 15) is 4.79 Å². The Morgan fingerprint density at radius 3 is 2.43 bits per heavy atom. The van der Waals surface area contributed by atoms with E-state index in [1.54, 1.807) is 0 Å². The molecule has 23 heavy (non-hydrogen) atoms. The lowest BCUT2D eigenvalue weighted by atomic mass is 10.2. The van der Waals surface area contributed by atoms with Crippen molar-refractivity contribution in [2.75, 3.05) is 36.0 Å². The Morgan fingerprint density at radius 2 is 1.87 bits per heavy atom. The van der Waals surface area contributed by atoms with E-state index >= 15 is 0 Å². The number of aromatic amines is 1. The van der Waals surface area contributed by atoms with Crippen molar-refractivity contribution in [2.45, 2.75) is 20.3 Å². The van der Waals surface area contributed by atoms with Crippen LogP contribution in [0.3, 0.4) is 0 Å². The molecular formula is C16H22ClN5O. The maximum Gasteiger partial charge on any atom is 0.255 e. The average molecular weight is 336 g/mol. The summed E-state index contributed by atoms with van der Waals surface area (Å²) in [5.41, 5.74) is 1.58. The van der Waals surface area contributed by atoms with Crippen molar-refractivity contribution in [3.05, 3.63) is 46.0 Å². The van der Waals surface area contributed by atoms with E-state index in [1.165, 1.54) is 0 Å². The van der Waals surface area contributed by atoms with Gasteiger partial charge in [0.05, 0.1) is 0 Å². The molecule has 1 fully saturated rings. The molecule has 0 atom stereocenters. The third-order valence-corrected chi connectivity index (χ3v) is 4.12. The van der Waals surface area contributed by atoms with E-state index in [2.05, 4.69) is 24.8 Å². The van der Waals surface area contributed by atoms with Crippen LogP contribution in [0.1, 0.15) is 18.2 Å². The predicted molar refractivity (Wildman–Crippen MR) is 94.9 cm³/mol. The number of piperazine rings is 1. The molecule has 1 saturated heterocycles. The molecule has 1 N–H and O–H groups in total. The smallest absolute Gasteiger partial charge is 0.255 e. The molecule has 0 aliphatic carbocycles. The first-order valence-electron chi connectivity index (χ1n) is 7.69. The van der Waals surface area contributed by atoms with Crippen molar-refractivity contribution < 1.29 is 0 Å². The third kappa shape index (κ3) is 3.64. The van der Waals surface area contributed by atoms with Crippen LogP contribution in [-0.4, -0.2) is 41.1 Å². The first kappa shape index (κ1) is 17.3. The molecule has 0 radical (unpaired) electrons. The van der Waals surface area contributed by atoms with Gasteiger partial charge < -0.3 is 9.80 Å². The van der Waals surface area contributed by atoms with Gasteiger partial charge in [0.25, 0.3) is 5.56 Å². The van der Waals surface area contributed by atoms with Crippen LogP contribution >= 0.6 is 12.4 Å². The van der Waals surface area contributed by atoms with Crippen LogP contribution in [0.15, 0.2) is 29.2 Å². The number of aryl methyl sites for hydroxylation is 1. The monoisotopic (exact) mass is 335 g/mol. The van der Waals surface area contributed by atoms with Crippen LogP contribution in [0.2, 0.25) is 0 Å². The topological polar surface area (TPSA) is 65.1 Å². The van der Waals surface area contributed by atoms with Gasteiger partial charge in [-0.1, -0.05) is 13.0 Å². The van der Waals surface area contributed by atoms with Gasteiger partial charge in [-0.3, -0.25) is 9.78 Å². The zero-order valence-corrected chi connectivity index (χ0v) is 14.3. The summed E-state index contributed by atoms with van der Waals surface area (Å²) >= 11 is 0. The van der Waals surface area contributed by atoms with Crippen molar-refractivity contribution >= 4 is 24.2 Å². The Balaban J connectivity index is 0.00000192. The second kappa shape index (κ2) is 7.46. The highest BCUT2D eigenvalue weighted by Gasteiger charge is 2.20. The minimum Gasteiger partial charge on any atom is -0.353 e. The SMILES string of the molecule is CCc1c(C)nc(N2CCN(c3ccccn3)CC2)[nH]c1=O.Cl. The van der Waals surface area contributed by atoms with Crippen molar-refractivity contribution in [3.8, 4) is 0 Å². The normalized spacial score (nSPS) is 14.5. The van der Waals surface area contributed by atoms with Gasteiger partial charge in [0.1, 0.15) is 5.82 Å². The second-order valence-corrected chi connectivity index (χ2v) is 5.47. The number of nitrogens with zero attached hydrogens (tertiary/aromatic N) is 4. The molecule has 3 rings (SSSR count). The maximum atomic E-state index is 12.1. The molecule has 2 aromatic heterocycles. The lowest BCUT2D eigenvalue weighted by Gasteiger charge is -2.35. The molecule has 124 valence electrons. The van der Waals surface area contributed by atoms with E-state index in [4.69, 9.17) is 0 Å². The van der Waals surface area contributed by atoms with Gasteiger partial charge in [-0.25, -0.2) is 9.97 Å². The number of halogens is 1. The predicted octanol–water partition coefficient (Wildman–Crippen LogP) is 1.78. The molecule has 7 heteroatoms. The fourth-order valence-electron chi connectivity index (χ4n) is 2.85. The molecule has 0 unspecified atom stereocenters. The highest BCUT2D eigenvalue weighted by atomic mass is 35.5. The summed E-state index contributed by atoms with van der Waals surface area (Å²) in [6.45, 7) is 7.27. The highest BCUT2D eigenvalue weighted by molar-refractivity contribution is 5.85. The van der Waals surface area contributed by atoms with E-state index in [0.29, 0.717) is 12.4 Å². The van der Waals surface area contributed by atoms with Crippen LogP contribution in [0.5, 0.6) is 0 Å². The Hall–Kier alpha value is -2.08. The lowest BCUT2D eigenvalue weighted by Crippen LogP contribution is -2.47. The summed E-state index contributed by atoms with van der Waals surface area (Å²) in [6.07, 6.45) is 2.52. The molecule has 0 amide bonds. The summed E-state index contributed by atoms with van der Waals surface area (Å²) in [5.74, 6) is 1.68. The van der Waals surface area contributed by atoms with Crippen LogP contribution in [-0.2, 0) is 6.42 Å². The van der Waals surface area contributed by atoms with Gasteiger partial charge in [0.15, 0.2) is 0 Å². The van der Waals surface area contributed by atoms with Crippen LogP contribution < -0.4 is 15.4 Å². The molecule has 0 bridgehead atoms. The first-order chi connectivity index (χ1) is 10.7. The standard InChI is InChI=1S/C16H21N5O.ClH/c1-3-13-12(2)18-16(19-15(13)22)21-10-8-20(9-11-21)14-6-4-5-7-17-14;/h4-7H,3,8-11H2,1-2H3,(H,18,19,22);1H. The number of anilines is 2. The second-order valence-electron chi connectivity index (χ2n) is 5.47. The minimum atomic E-state index is -0.0165. The summed E-state index contributed by atoms with van der Waals surface area (Å²) in [5, 5.41) is 0. The number of aromatic nitrogens is 3. The Bertz CT molecular complexity index is 695. The Kier molecular flexibility index (Phi) is 5.60. The fourth-order valence-corrected chi connectivity index (χ4v) is 2.85. The summed E-state index contributed by atoms with van der Waals surface area (Å²) < 4.78 is 0. The zero-order valence-electron chi connectivity index (χ0n) is 13.5. The molecule has 0 spiro atoms.